The van der Waals surface area contributed by atoms with Gasteiger partial charge in [-0.2, -0.15) is 0 Å². The third-order valence-corrected chi connectivity index (χ3v) is 8.59. The molecule has 101 valence electrons. The van der Waals surface area contributed by atoms with E-state index in [1.165, 1.54) is 5.56 Å². The fourth-order valence-corrected chi connectivity index (χ4v) is 7.58. The van der Waals surface area contributed by atoms with Gasteiger partial charge in [0, 0.05) is 8.80 Å². The van der Waals surface area contributed by atoms with E-state index in [9.17, 15) is 0 Å². The van der Waals surface area contributed by atoms with E-state index in [1.54, 1.807) is 7.11 Å². The molecule has 0 heterocycles. The second-order valence-electron chi connectivity index (χ2n) is 5.73. The fraction of sp³-hybridized carbons (Fsp3) is 0.562. The molecule has 1 nitrogen and oxygen atoms in total. The van der Waals surface area contributed by atoms with Crippen molar-refractivity contribution in [2.75, 3.05) is 7.11 Å². The Balaban J connectivity index is 2.99. The van der Waals surface area contributed by atoms with Gasteiger partial charge in [0.1, 0.15) is 5.75 Å². The highest BCUT2D eigenvalue weighted by atomic mass is 28.3. The zero-order chi connectivity index (χ0) is 13.7. The minimum absolute atomic E-state index is 0.677. The van der Waals surface area contributed by atoms with Crippen LogP contribution in [0.3, 0.4) is 0 Å². The van der Waals surface area contributed by atoms with E-state index in [2.05, 4.69) is 58.9 Å². The van der Waals surface area contributed by atoms with Gasteiger partial charge in [0.2, 0.25) is 0 Å². The molecule has 0 saturated carbocycles. The molecular weight excluding hydrogens is 236 g/mol. The Morgan fingerprint density at radius 2 is 1.56 bits per heavy atom. The van der Waals surface area contributed by atoms with Gasteiger partial charge in [-0.25, -0.2) is 0 Å². The molecule has 0 aromatic heterocycles. The molecular formula is C16H27OSi. The van der Waals surface area contributed by atoms with Crippen LogP contribution in [0.15, 0.2) is 24.3 Å². The Bertz CT molecular complexity index is 335. The maximum absolute atomic E-state index is 5.23. The molecule has 18 heavy (non-hydrogen) atoms. The quantitative estimate of drug-likeness (QED) is 0.682. The lowest BCUT2D eigenvalue weighted by Gasteiger charge is -2.32. The summed E-state index contributed by atoms with van der Waals surface area (Å²) in [6.07, 6.45) is 1.01. The molecule has 1 radical (unpaired) electrons. The lowest BCUT2D eigenvalue weighted by molar-refractivity contribution is 0.414. The van der Waals surface area contributed by atoms with Crippen molar-refractivity contribution in [2.24, 2.45) is 0 Å². The van der Waals surface area contributed by atoms with Gasteiger partial charge in [-0.3, -0.25) is 0 Å². The molecule has 0 aliphatic heterocycles. The van der Waals surface area contributed by atoms with Crippen LogP contribution in [-0.4, -0.2) is 15.9 Å². The molecule has 0 saturated heterocycles. The van der Waals surface area contributed by atoms with E-state index in [0.29, 0.717) is 5.54 Å². The highest BCUT2D eigenvalue weighted by Gasteiger charge is 2.28. The van der Waals surface area contributed by atoms with Gasteiger partial charge < -0.3 is 4.74 Å². The van der Waals surface area contributed by atoms with Gasteiger partial charge in [-0.1, -0.05) is 57.8 Å². The van der Waals surface area contributed by atoms with Crippen molar-refractivity contribution < 1.29 is 4.74 Å². The van der Waals surface area contributed by atoms with Crippen LogP contribution in [0.1, 0.15) is 45.2 Å². The van der Waals surface area contributed by atoms with Crippen molar-refractivity contribution in [3.8, 4) is 5.75 Å². The highest BCUT2D eigenvalue weighted by molar-refractivity contribution is 6.63. The summed E-state index contributed by atoms with van der Waals surface area (Å²) in [7, 11) is 0.866. The summed E-state index contributed by atoms with van der Waals surface area (Å²) in [5.41, 5.74) is 3.76. The smallest absolute Gasteiger partial charge is 0.118 e. The molecule has 0 aliphatic carbocycles. The SMILES string of the molecule is [CH2]CC(c1ccc(OC)cc1)[SiH](C(C)C)C(C)C. The molecule has 1 aromatic carbocycles. The van der Waals surface area contributed by atoms with Crippen LogP contribution in [0, 0.1) is 6.92 Å². The summed E-state index contributed by atoms with van der Waals surface area (Å²) in [6, 6.07) is 8.59. The number of ether oxygens (including phenoxy) is 1. The number of benzene rings is 1. The molecule has 0 aliphatic rings. The summed E-state index contributed by atoms with van der Waals surface area (Å²) in [5.74, 6) is 0.939. The average molecular weight is 263 g/mol. The number of rotatable bonds is 6. The third-order valence-electron chi connectivity index (χ3n) is 3.86. The Kier molecular flexibility index (Phi) is 5.93. The normalized spacial score (nSPS) is 13.4. The molecule has 0 N–H and O–H groups in total. The van der Waals surface area contributed by atoms with Crippen molar-refractivity contribution in [2.45, 2.75) is 50.7 Å². The van der Waals surface area contributed by atoms with Crippen LogP contribution in [0.5, 0.6) is 5.75 Å². The highest BCUT2D eigenvalue weighted by Crippen LogP contribution is 2.35. The maximum Gasteiger partial charge on any atom is 0.118 e. The molecule has 0 spiro atoms. The predicted octanol–water partition coefficient (Wildman–Crippen LogP) is 4.59. The monoisotopic (exact) mass is 263 g/mol. The van der Waals surface area contributed by atoms with Crippen LogP contribution >= 0.6 is 0 Å². The van der Waals surface area contributed by atoms with Crippen LogP contribution in [0.25, 0.3) is 0 Å². The first kappa shape index (κ1) is 15.3. The average Bonchev–Trinajstić information content (AvgIpc) is 2.35. The van der Waals surface area contributed by atoms with Gasteiger partial charge >= 0.3 is 0 Å². The zero-order valence-corrected chi connectivity index (χ0v) is 13.6. The number of methoxy groups -OCH3 is 1. The van der Waals surface area contributed by atoms with E-state index in [4.69, 9.17) is 4.74 Å². The minimum atomic E-state index is -0.850. The van der Waals surface area contributed by atoms with E-state index >= 15 is 0 Å². The summed E-state index contributed by atoms with van der Waals surface area (Å²) in [6.45, 7) is 13.7. The Hall–Kier alpha value is -0.763. The lowest BCUT2D eigenvalue weighted by atomic mass is 10.1. The number of hydrogen-bond acceptors (Lipinski definition) is 1. The Morgan fingerprint density at radius 3 is 1.89 bits per heavy atom. The van der Waals surface area contributed by atoms with Crippen LogP contribution in [0.4, 0.5) is 0 Å². The Morgan fingerprint density at radius 1 is 1.06 bits per heavy atom. The van der Waals surface area contributed by atoms with Crippen LogP contribution in [0.2, 0.25) is 11.1 Å². The van der Waals surface area contributed by atoms with Gasteiger partial charge in [0.05, 0.1) is 7.11 Å². The molecule has 1 atom stereocenters. The number of hydrogen-bond donors (Lipinski definition) is 0. The van der Waals surface area contributed by atoms with E-state index in [-0.39, 0.29) is 0 Å². The Labute approximate surface area is 114 Å². The molecule has 0 amide bonds. The lowest BCUT2D eigenvalue weighted by Crippen LogP contribution is -2.30. The molecule has 1 aromatic rings. The topological polar surface area (TPSA) is 9.23 Å². The summed E-state index contributed by atoms with van der Waals surface area (Å²) >= 11 is 0. The predicted molar refractivity (Wildman–Crippen MR) is 83.1 cm³/mol. The van der Waals surface area contributed by atoms with Gasteiger partial charge in [0.25, 0.3) is 0 Å². The summed E-state index contributed by atoms with van der Waals surface area (Å²) < 4.78 is 5.23. The molecule has 2 heteroatoms. The van der Waals surface area contributed by atoms with E-state index < -0.39 is 8.80 Å². The fourth-order valence-electron chi connectivity index (χ4n) is 3.13. The summed E-state index contributed by atoms with van der Waals surface area (Å²) in [4.78, 5) is 0. The summed E-state index contributed by atoms with van der Waals surface area (Å²) in [5, 5.41) is 0. The van der Waals surface area contributed by atoms with Gasteiger partial charge in [-0.05, 0) is 29.7 Å². The van der Waals surface area contributed by atoms with Gasteiger partial charge in [0.15, 0.2) is 0 Å². The first-order chi connectivity index (χ1) is 8.51. The van der Waals surface area contributed by atoms with Crippen molar-refractivity contribution in [3.63, 3.8) is 0 Å². The molecule has 1 unspecified atom stereocenters. The molecule has 0 fully saturated rings. The standard InChI is InChI=1S/C16H27OSi/c1-7-16(18(12(2)3)13(4)5)14-8-10-15(17-6)11-9-14/h8-13,16,18H,1,7H2,2-6H3. The van der Waals surface area contributed by atoms with Crippen LogP contribution < -0.4 is 4.74 Å². The molecule has 0 bridgehead atoms. The van der Waals surface area contributed by atoms with Crippen molar-refractivity contribution in [3.05, 3.63) is 36.8 Å². The second kappa shape index (κ2) is 6.98. The first-order valence-corrected chi connectivity index (χ1v) is 8.94. The van der Waals surface area contributed by atoms with Crippen molar-refractivity contribution >= 4 is 8.80 Å². The van der Waals surface area contributed by atoms with E-state index in [1.807, 2.05) is 0 Å². The van der Waals surface area contributed by atoms with Crippen molar-refractivity contribution in [1.29, 1.82) is 0 Å². The van der Waals surface area contributed by atoms with Crippen LogP contribution in [-0.2, 0) is 0 Å². The molecule has 1 rings (SSSR count). The third kappa shape index (κ3) is 3.61. The van der Waals surface area contributed by atoms with Gasteiger partial charge in [-0.15, -0.1) is 0 Å². The first-order valence-electron chi connectivity index (χ1n) is 6.94. The largest absolute Gasteiger partial charge is 0.497 e. The van der Waals surface area contributed by atoms with Crippen molar-refractivity contribution in [1.82, 2.24) is 0 Å². The zero-order valence-electron chi connectivity index (χ0n) is 12.4. The van der Waals surface area contributed by atoms with E-state index in [0.717, 1.165) is 23.3 Å². The maximum atomic E-state index is 5.23. The second-order valence-corrected chi connectivity index (χ2v) is 10.4. The minimum Gasteiger partial charge on any atom is -0.497 e.